The molecule has 0 saturated carbocycles. The van der Waals surface area contributed by atoms with Gasteiger partial charge in [0.05, 0.1) is 23.7 Å². The zero-order chi connectivity index (χ0) is 24.8. The number of nitrogens with one attached hydrogen (secondary N) is 2. The number of amides is 1. The summed E-state index contributed by atoms with van der Waals surface area (Å²) in [6, 6.07) is 21.7. The maximum absolute atomic E-state index is 13.2. The number of ether oxygens (including phenoxy) is 1. The first kappa shape index (κ1) is 24.8. The summed E-state index contributed by atoms with van der Waals surface area (Å²) in [6.45, 7) is 4.14. The molecule has 1 aliphatic heterocycles. The van der Waals surface area contributed by atoms with Gasteiger partial charge in [0, 0.05) is 12.1 Å². The number of anilines is 1. The van der Waals surface area contributed by atoms with Crippen LogP contribution in [-0.2, 0) is 10.0 Å². The Balaban J connectivity index is 1.53. The molecule has 3 aromatic carbocycles. The second-order valence-corrected chi connectivity index (χ2v) is 10.3. The van der Waals surface area contributed by atoms with E-state index >= 15 is 0 Å². The summed E-state index contributed by atoms with van der Waals surface area (Å²) in [5.74, 6) is 0.107. The number of aryl methyl sites for hydroxylation is 1. The van der Waals surface area contributed by atoms with E-state index in [1.807, 2.05) is 18.2 Å². The Morgan fingerprint density at radius 1 is 1.00 bits per heavy atom. The molecule has 0 bridgehead atoms. The molecule has 1 amide bonds. The minimum atomic E-state index is -3.94. The third kappa shape index (κ3) is 5.83. The van der Waals surface area contributed by atoms with Crippen molar-refractivity contribution >= 4 is 21.6 Å². The highest BCUT2D eigenvalue weighted by molar-refractivity contribution is 7.92. The molecule has 35 heavy (non-hydrogen) atoms. The second-order valence-electron chi connectivity index (χ2n) is 8.67. The Labute approximate surface area is 207 Å². The summed E-state index contributed by atoms with van der Waals surface area (Å²) in [5.41, 5.74) is 2.33. The lowest BCUT2D eigenvalue weighted by molar-refractivity contribution is 0.0937. The number of carbonyl (C=O) groups excluding carboxylic acids is 1. The van der Waals surface area contributed by atoms with Crippen LogP contribution in [0.25, 0.3) is 0 Å². The Morgan fingerprint density at radius 2 is 1.69 bits per heavy atom. The molecule has 4 rings (SSSR count). The van der Waals surface area contributed by atoms with E-state index in [0.29, 0.717) is 29.1 Å². The van der Waals surface area contributed by atoms with Crippen molar-refractivity contribution in [2.75, 3.05) is 31.5 Å². The van der Waals surface area contributed by atoms with Crippen molar-refractivity contribution in [1.29, 1.82) is 0 Å². The van der Waals surface area contributed by atoms with Gasteiger partial charge in [-0.15, -0.1) is 0 Å². The van der Waals surface area contributed by atoms with E-state index in [-0.39, 0.29) is 16.8 Å². The minimum Gasteiger partial charge on any atom is -0.495 e. The third-order valence-electron chi connectivity index (χ3n) is 6.31. The van der Waals surface area contributed by atoms with E-state index in [2.05, 4.69) is 27.1 Å². The monoisotopic (exact) mass is 493 g/mol. The summed E-state index contributed by atoms with van der Waals surface area (Å²) in [5, 5.41) is 3.02. The molecule has 0 spiro atoms. The number of likely N-dealkylation sites (tertiary alicyclic amines) is 1. The standard InChI is InChI=1S/C27H31N3O4S/c1-20-14-15-22(18-26(20)35(32,33)29-23-12-6-7-13-25(23)34-2)27(31)28-19-24(30-16-8-9-17-30)21-10-4-3-5-11-21/h3-7,10-15,18,24,29H,8-9,16-17,19H2,1-2H3,(H,28,31)/t24-/m0/s1. The lowest BCUT2D eigenvalue weighted by Gasteiger charge is -2.28. The van der Waals surface area contributed by atoms with Crippen LogP contribution in [-0.4, -0.2) is 46.0 Å². The van der Waals surface area contributed by atoms with Crippen LogP contribution in [0.2, 0.25) is 0 Å². The van der Waals surface area contributed by atoms with Crippen LogP contribution >= 0.6 is 0 Å². The van der Waals surface area contributed by atoms with Crippen LogP contribution in [0.5, 0.6) is 5.75 Å². The third-order valence-corrected chi connectivity index (χ3v) is 7.82. The number of hydrogen-bond donors (Lipinski definition) is 2. The second kappa shape index (κ2) is 10.9. The van der Waals surface area contributed by atoms with Crippen molar-refractivity contribution in [3.05, 3.63) is 89.5 Å². The Bertz CT molecular complexity index is 1270. The highest BCUT2D eigenvalue weighted by atomic mass is 32.2. The van der Waals surface area contributed by atoms with Crippen molar-refractivity contribution in [1.82, 2.24) is 10.2 Å². The van der Waals surface area contributed by atoms with Crippen molar-refractivity contribution in [2.24, 2.45) is 0 Å². The van der Waals surface area contributed by atoms with Gasteiger partial charge in [-0.05, 0) is 68.2 Å². The van der Waals surface area contributed by atoms with Gasteiger partial charge in [-0.2, -0.15) is 0 Å². The fourth-order valence-electron chi connectivity index (χ4n) is 4.44. The van der Waals surface area contributed by atoms with E-state index < -0.39 is 10.0 Å². The Morgan fingerprint density at radius 3 is 2.40 bits per heavy atom. The zero-order valence-electron chi connectivity index (χ0n) is 20.0. The summed E-state index contributed by atoms with van der Waals surface area (Å²) in [7, 11) is -2.46. The van der Waals surface area contributed by atoms with Crippen LogP contribution in [0.15, 0.2) is 77.7 Å². The number of nitrogens with zero attached hydrogens (tertiary/aromatic N) is 1. The van der Waals surface area contributed by atoms with Gasteiger partial charge in [0.1, 0.15) is 5.75 Å². The predicted molar refractivity (Wildman–Crippen MR) is 137 cm³/mol. The van der Waals surface area contributed by atoms with Crippen LogP contribution in [0.3, 0.4) is 0 Å². The van der Waals surface area contributed by atoms with Crippen molar-refractivity contribution in [2.45, 2.75) is 30.7 Å². The van der Waals surface area contributed by atoms with E-state index in [9.17, 15) is 13.2 Å². The first-order valence-electron chi connectivity index (χ1n) is 11.7. The molecule has 1 atom stereocenters. The molecule has 1 aliphatic rings. The summed E-state index contributed by atoms with van der Waals surface area (Å²) >= 11 is 0. The fraction of sp³-hybridized carbons (Fsp3) is 0.296. The number of benzene rings is 3. The van der Waals surface area contributed by atoms with E-state index in [1.54, 1.807) is 43.3 Å². The largest absolute Gasteiger partial charge is 0.495 e. The predicted octanol–water partition coefficient (Wildman–Crippen LogP) is 4.37. The zero-order valence-corrected chi connectivity index (χ0v) is 20.8. The summed E-state index contributed by atoms with van der Waals surface area (Å²) in [4.78, 5) is 15.5. The first-order chi connectivity index (χ1) is 16.9. The topological polar surface area (TPSA) is 87.7 Å². The van der Waals surface area contributed by atoms with Gasteiger partial charge in [-0.3, -0.25) is 14.4 Å². The maximum atomic E-state index is 13.2. The molecule has 1 saturated heterocycles. The fourth-order valence-corrected chi connectivity index (χ4v) is 5.78. The SMILES string of the molecule is COc1ccccc1NS(=O)(=O)c1cc(C(=O)NC[C@@H](c2ccccc2)N2CCCC2)ccc1C. The van der Waals surface area contributed by atoms with E-state index in [1.165, 1.54) is 13.2 Å². The lowest BCUT2D eigenvalue weighted by Crippen LogP contribution is -2.36. The van der Waals surface area contributed by atoms with Crippen LogP contribution in [0.4, 0.5) is 5.69 Å². The minimum absolute atomic E-state index is 0.0511. The van der Waals surface area contributed by atoms with Crippen molar-refractivity contribution < 1.29 is 17.9 Å². The number of para-hydroxylation sites is 2. The maximum Gasteiger partial charge on any atom is 0.262 e. The van der Waals surface area contributed by atoms with E-state index in [0.717, 1.165) is 31.5 Å². The highest BCUT2D eigenvalue weighted by Gasteiger charge is 2.25. The molecule has 8 heteroatoms. The molecule has 0 radical (unpaired) electrons. The number of hydrogen-bond acceptors (Lipinski definition) is 5. The first-order valence-corrected chi connectivity index (χ1v) is 13.2. The molecular weight excluding hydrogens is 462 g/mol. The molecule has 2 N–H and O–H groups in total. The molecule has 7 nitrogen and oxygen atoms in total. The molecule has 1 heterocycles. The molecular formula is C27H31N3O4S. The van der Waals surface area contributed by atoms with Gasteiger partial charge in [-0.25, -0.2) is 8.42 Å². The summed E-state index contributed by atoms with van der Waals surface area (Å²) in [6.07, 6.45) is 2.30. The molecule has 0 unspecified atom stereocenters. The average molecular weight is 494 g/mol. The van der Waals surface area contributed by atoms with E-state index in [4.69, 9.17) is 4.74 Å². The lowest BCUT2D eigenvalue weighted by atomic mass is 10.1. The number of methoxy groups -OCH3 is 1. The molecule has 0 aliphatic carbocycles. The van der Waals surface area contributed by atoms with Gasteiger partial charge < -0.3 is 10.1 Å². The quantitative estimate of drug-likeness (QED) is 0.462. The van der Waals surface area contributed by atoms with Gasteiger partial charge in [0.25, 0.3) is 15.9 Å². The van der Waals surface area contributed by atoms with Crippen LogP contribution < -0.4 is 14.8 Å². The van der Waals surface area contributed by atoms with Crippen molar-refractivity contribution in [3.63, 3.8) is 0 Å². The molecule has 3 aromatic rings. The van der Waals surface area contributed by atoms with Crippen LogP contribution in [0.1, 0.15) is 40.4 Å². The van der Waals surface area contributed by atoms with Crippen molar-refractivity contribution in [3.8, 4) is 5.75 Å². The normalized spacial score (nSPS) is 14.9. The molecule has 1 fully saturated rings. The summed E-state index contributed by atoms with van der Waals surface area (Å²) < 4.78 is 34.2. The van der Waals surface area contributed by atoms with Gasteiger partial charge >= 0.3 is 0 Å². The smallest absolute Gasteiger partial charge is 0.262 e. The van der Waals surface area contributed by atoms with Gasteiger partial charge in [0.15, 0.2) is 0 Å². The highest BCUT2D eigenvalue weighted by Crippen LogP contribution is 2.28. The number of carbonyl (C=O) groups is 1. The van der Waals surface area contributed by atoms with Crippen LogP contribution in [0, 0.1) is 6.92 Å². The molecule has 0 aromatic heterocycles. The Kier molecular flexibility index (Phi) is 7.73. The van der Waals surface area contributed by atoms with Gasteiger partial charge in [0.2, 0.25) is 0 Å². The van der Waals surface area contributed by atoms with Gasteiger partial charge in [-0.1, -0.05) is 48.5 Å². The number of sulfonamides is 1. The average Bonchev–Trinajstić information content (AvgIpc) is 3.39. The number of rotatable bonds is 9. The molecule has 184 valence electrons. The Hall–Kier alpha value is -3.36.